The molecule has 0 aliphatic carbocycles. The summed E-state index contributed by atoms with van der Waals surface area (Å²) in [5.74, 6) is 0.513. The van der Waals surface area contributed by atoms with Gasteiger partial charge in [0.2, 0.25) is 5.91 Å². The minimum Gasteiger partial charge on any atom is -0.488 e. The minimum absolute atomic E-state index is 0.129. The van der Waals surface area contributed by atoms with Crippen LogP contribution in [-0.4, -0.2) is 17.1 Å². The third kappa shape index (κ3) is 6.27. The molecule has 154 valence electrons. The fourth-order valence-electron chi connectivity index (χ4n) is 2.88. The van der Waals surface area contributed by atoms with Gasteiger partial charge in [0.25, 0.3) is 0 Å². The summed E-state index contributed by atoms with van der Waals surface area (Å²) in [5, 5.41) is 4.07. The van der Waals surface area contributed by atoms with E-state index in [2.05, 4.69) is 60.5 Å². The van der Waals surface area contributed by atoms with Crippen molar-refractivity contribution in [2.24, 2.45) is 5.10 Å². The van der Waals surface area contributed by atoms with Crippen LogP contribution in [-0.2, 0) is 23.2 Å². The summed E-state index contributed by atoms with van der Waals surface area (Å²) < 4.78 is 5.99. The Balaban J connectivity index is 1.57. The van der Waals surface area contributed by atoms with E-state index in [0.29, 0.717) is 12.4 Å². The number of ether oxygens (including phenoxy) is 1. The number of aromatic nitrogens is 1. The van der Waals surface area contributed by atoms with Crippen LogP contribution in [0.25, 0.3) is 0 Å². The van der Waals surface area contributed by atoms with Gasteiger partial charge in [0.1, 0.15) is 12.4 Å². The number of pyridine rings is 1. The van der Waals surface area contributed by atoms with Crippen molar-refractivity contribution in [2.45, 2.75) is 39.2 Å². The van der Waals surface area contributed by atoms with Gasteiger partial charge >= 0.3 is 0 Å². The molecule has 0 spiro atoms. The molecule has 0 atom stereocenters. The third-order valence-corrected chi connectivity index (χ3v) is 4.61. The quantitative estimate of drug-likeness (QED) is 0.463. The number of carbonyl (C=O) groups excluding carboxylic acids is 1. The number of hydrazone groups is 1. The van der Waals surface area contributed by atoms with Crippen LogP contribution in [0.15, 0.2) is 78.2 Å². The van der Waals surface area contributed by atoms with Gasteiger partial charge in [0, 0.05) is 18.0 Å². The first-order valence-electron chi connectivity index (χ1n) is 9.94. The average molecular weight is 402 g/mol. The van der Waals surface area contributed by atoms with Gasteiger partial charge in [-0.25, -0.2) is 5.43 Å². The van der Waals surface area contributed by atoms with Crippen LogP contribution in [0.1, 0.15) is 43.0 Å². The zero-order chi connectivity index (χ0) is 21.4. The van der Waals surface area contributed by atoms with Crippen LogP contribution in [0.4, 0.5) is 0 Å². The van der Waals surface area contributed by atoms with Crippen molar-refractivity contribution < 1.29 is 9.53 Å². The van der Waals surface area contributed by atoms with Crippen molar-refractivity contribution in [1.29, 1.82) is 0 Å². The highest BCUT2D eigenvalue weighted by molar-refractivity contribution is 5.85. The molecule has 1 N–H and O–H groups in total. The second kappa shape index (κ2) is 9.83. The normalized spacial score (nSPS) is 11.4. The SMILES string of the molecule is CC(C)(C)c1ccc(COc2ccccc2C=NNC(=O)Cc2cccnc2)cc1. The van der Waals surface area contributed by atoms with Crippen molar-refractivity contribution in [3.63, 3.8) is 0 Å². The summed E-state index contributed by atoms with van der Waals surface area (Å²) in [6, 6.07) is 19.7. The molecular formula is C25H27N3O2. The van der Waals surface area contributed by atoms with Crippen LogP contribution in [0.2, 0.25) is 0 Å². The van der Waals surface area contributed by atoms with Crippen LogP contribution in [0, 0.1) is 0 Å². The molecule has 0 fully saturated rings. The van der Waals surface area contributed by atoms with Crippen molar-refractivity contribution in [3.05, 3.63) is 95.3 Å². The number of nitrogens with one attached hydrogen (secondary N) is 1. The number of amides is 1. The number of rotatable bonds is 7. The second-order valence-corrected chi connectivity index (χ2v) is 8.10. The summed E-state index contributed by atoms with van der Waals surface area (Å²) in [7, 11) is 0. The number of hydrogen-bond acceptors (Lipinski definition) is 4. The van der Waals surface area contributed by atoms with Crippen LogP contribution < -0.4 is 10.2 Å². The van der Waals surface area contributed by atoms with Crippen molar-refractivity contribution in [1.82, 2.24) is 10.4 Å². The van der Waals surface area contributed by atoms with Gasteiger partial charge in [-0.2, -0.15) is 5.10 Å². The molecule has 1 amide bonds. The number of para-hydroxylation sites is 1. The van der Waals surface area contributed by atoms with Gasteiger partial charge in [-0.3, -0.25) is 9.78 Å². The third-order valence-electron chi connectivity index (χ3n) is 4.61. The molecule has 0 saturated carbocycles. The molecule has 0 aliphatic heterocycles. The largest absolute Gasteiger partial charge is 0.488 e. The lowest BCUT2D eigenvalue weighted by Crippen LogP contribution is -2.19. The molecule has 5 nitrogen and oxygen atoms in total. The number of benzene rings is 2. The summed E-state index contributed by atoms with van der Waals surface area (Å²) in [4.78, 5) is 16.0. The molecule has 0 aliphatic rings. The van der Waals surface area contributed by atoms with Gasteiger partial charge in [-0.15, -0.1) is 0 Å². The van der Waals surface area contributed by atoms with E-state index in [1.165, 1.54) is 5.56 Å². The van der Waals surface area contributed by atoms with E-state index in [9.17, 15) is 4.79 Å². The van der Waals surface area contributed by atoms with E-state index < -0.39 is 0 Å². The standard InChI is InChI=1S/C25H27N3O2/c1-25(2,3)22-12-10-19(11-13-22)18-30-23-9-5-4-8-21(23)17-27-28-24(29)15-20-7-6-14-26-16-20/h4-14,16-17H,15,18H2,1-3H3,(H,28,29). The summed E-state index contributed by atoms with van der Waals surface area (Å²) in [5.41, 5.74) is 6.70. The Bertz CT molecular complexity index is 991. The molecular weight excluding hydrogens is 374 g/mol. The lowest BCUT2D eigenvalue weighted by Gasteiger charge is -2.19. The first kappa shape index (κ1) is 21.2. The van der Waals surface area contributed by atoms with Gasteiger partial charge in [0.05, 0.1) is 12.6 Å². The molecule has 1 heterocycles. The Morgan fingerprint density at radius 2 is 1.80 bits per heavy atom. The summed E-state index contributed by atoms with van der Waals surface area (Å²) >= 11 is 0. The molecule has 0 radical (unpaired) electrons. The Labute approximate surface area is 177 Å². The van der Waals surface area contributed by atoms with Gasteiger partial charge in [-0.05, 0) is 40.3 Å². The highest BCUT2D eigenvalue weighted by Crippen LogP contribution is 2.23. The Morgan fingerprint density at radius 3 is 2.50 bits per heavy atom. The maximum absolute atomic E-state index is 12.0. The fourth-order valence-corrected chi connectivity index (χ4v) is 2.88. The topological polar surface area (TPSA) is 63.6 Å². The first-order valence-corrected chi connectivity index (χ1v) is 9.94. The van der Waals surface area contributed by atoms with Crippen molar-refractivity contribution in [2.75, 3.05) is 0 Å². The van der Waals surface area contributed by atoms with E-state index in [4.69, 9.17) is 4.74 Å². The Kier molecular flexibility index (Phi) is 6.96. The zero-order valence-corrected chi connectivity index (χ0v) is 17.6. The maximum Gasteiger partial charge on any atom is 0.244 e. The van der Waals surface area contributed by atoms with E-state index >= 15 is 0 Å². The highest BCUT2D eigenvalue weighted by Gasteiger charge is 2.13. The minimum atomic E-state index is -0.198. The Hall–Kier alpha value is -3.47. The molecule has 0 saturated heterocycles. The summed E-state index contributed by atoms with van der Waals surface area (Å²) in [6.07, 6.45) is 5.17. The lowest BCUT2D eigenvalue weighted by molar-refractivity contribution is -0.120. The van der Waals surface area contributed by atoms with E-state index in [0.717, 1.165) is 16.7 Å². The molecule has 2 aromatic carbocycles. The molecule has 30 heavy (non-hydrogen) atoms. The smallest absolute Gasteiger partial charge is 0.244 e. The van der Waals surface area contributed by atoms with E-state index in [-0.39, 0.29) is 17.7 Å². The van der Waals surface area contributed by atoms with Gasteiger partial charge in [0.15, 0.2) is 0 Å². The lowest BCUT2D eigenvalue weighted by atomic mass is 9.87. The molecule has 0 bridgehead atoms. The van der Waals surface area contributed by atoms with Crippen LogP contribution in [0.3, 0.4) is 0 Å². The van der Waals surface area contributed by atoms with Gasteiger partial charge in [-0.1, -0.05) is 63.2 Å². The monoisotopic (exact) mass is 401 g/mol. The number of carbonyl (C=O) groups is 1. The van der Waals surface area contributed by atoms with Gasteiger partial charge < -0.3 is 4.74 Å². The van der Waals surface area contributed by atoms with E-state index in [1.807, 2.05) is 30.3 Å². The zero-order valence-electron chi connectivity index (χ0n) is 17.6. The highest BCUT2D eigenvalue weighted by atomic mass is 16.5. The van der Waals surface area contributed by atoms with Crippen LogP contribution in [0.5, 0.6) is 5.75 Å². The second-order valence-electron chi connectivity index (χ2n) is 8.10. The first-order chi connectivity index (χ1) is 14.4. The predicted octanol–water partition coefficient (Wildman–Crippen LogP) is 4.65. The summed E-state index contributed by atoms with van der Waals surface area (Å²) in [6.45, 7) is 7.06. The molecule has 0 unspecified atom stereocenters. The average Bonchev–Trinajstić information content (AvgIpc) is 2.73. The fraction of sp³-hybridized carbons (Fsp3) is 0.240. The van der Waals surface area contributed by atoms with Crippen LogP contribution >= 0.6 is 0 Å². The molecule has 5 heteroatoms. The predicted molar refractivity (Wildman–Crippen MR) is 120 cm³/mol. The Morgan fingerprint density at radius 1 is 1.03 bits per heavy atom. The van der Waals surface area contributed by atoms with Crippen molar-refractivity contribution >= 4 is 12.1 Å². The molecule has 3 aromatic rings. The van der Waals surface area contributed by atoms with E-state index in [1.54, 1.807) is 24.7 Å². The molecule has 1 aromatic heterocycles. The maximum atomic E-state index is 12.0. The number of hydrogen-bond donors (Lipinski definition) is 1. The number of nitrogens with zero attached hydrogens (tertiary/aromatic N) is 2. The van der Waals surface area contributed by atoms with Crippen molar-refractivity contribution in [3.8, 4) is 5.75 Å². The molecule has 3 rings (SSSR count).